The summed E-state index contributed by atoms with van der Waals surface area (Å²) in [6.45, 7) is 6.02. The Morgan fingerprint density at radius 2 is 2.10 bits per heavy atom. The highest BCUT2D eigenvalue weighted by Gasteiger charge is 2.22. The summed E-state index contributed by atoms with van der Waals surface area (Å²) in [5.41, 5.74) is 3.28. The molecule has 3 aromatic rings. The summed E-state index contributed by atoms with van der Waals surface area (Å²) in [6.07, 6.45) is 4.30. The van der Waals surface area contributed by atoms with Gasteiger partial charge in [-0.15, -0.1) is 11.8 Å². The minimum Gasteiger partial charge on any atom is -0.371 e. The van der Waals surface area contributed by atoms with E-state index in [4.69, 9.17) is 11.6 Å². The molecular formula is C23H27ClN4OS. The first-order valence-electron chi connectivity index (χ1n) is 10.4. The predicted molar refractivity (Wildman–Crippen MR) is 126 cm³/mol. The normalized spacial score (nSPS) is 16.0. The topological polar surface area (TPSA) is 61.0 Å². The number of benzene rings is 1. The van der Waals surface area contributed by atoms with Crippen molar-refractivity contribution in [1.29, 1.82) is 0 Å². The van der Waals surface area contributed by atoms with E-state index in [1.807, 2.05) is 31.3 Å². The molecule has 1 amide bonds. The fraction of sp³-hybridized carbons (Fsp3) is 0.391. The van der Waals surface area contributed by atoms with Crippen molar-refractivity contribution in [1.82, 2.24) is 15.3 Å². The van der Waals surface area contributed by atoms with Crippen LogP contribution >= 0.6 is 23.4 Å². The van der Waals surface area contributed by atoms with Gasteiger partial charge in [0.2, 0.25) is 5.91 Å². The number of H-pyrrole nitrogens is 1. The molecule has 4 rings (SSSR count). The van der Waals surface area contributed by atoms with Crippen molar-refractivity contribution in [2.24, 2.45) is 0 Å². The standard InChI is InChI=1S/C23H27ClN4OS/c1-15-11-20(5-8-25-15)28-9-6-19(7-10-28)26-22(29)12-16(2)30-23-13-17-3-4-18(24)14-21(17)27-23/h3-5,8,11,13-14,16,19,27H,6-7,9-10,12H2,1-2H3,(H,26,29). The molecule has 1 aromatic carbocycles. The summed E-state index contributed by atoms with van der Waals surface area (Å²) in [4.78, 5) is 22.6. The van der Waals surface area contributed by atoms with Crippen LogP contribution in [0.4, 0.5) is 5.69 Å². The summed E-state index contributed by atoms with van der Waals surface area (Å²) in [5.74, 6) is 0.132. The summed E-state index contributed by atoms with van der Waals surface area (Å²) in [7, 11) is 0. The summed E-state index contributed by atoms with van der Waals surface area (Å²) < 4.78 is 0. The van der Waals surface area contributed by atoms with Crippen LogP contribution in [0.1, 0.15) is 31.9 Å². The van der Waals surface area contributed by atoms with E-state index in [0.717, 1.165) is 52.6 Å². The van der Waals surface area contributed by atoms with E-state index in [2.05, 4.69) is 45.3 Å². The number of hydrogen-bond acceptors (Lipinski definition) is 4. The van der Waals surface area contributed by atoms with Crippen LogP contribution in [-0.2, 0) is 4.79 Å². The van der Waals surface area contributed by atoms with Crippen LogP contribution in [0.3, 0.4) is 0 Å². The Bertz CT molecular complexity index is 1030. The largest absolute Gasteiger partial charge is 0.371 e. The minimum absolute atomic E-state index is 0.132. The van der Waals surface area contributed by atoms with E-state index in [0.29, 0.717) is 6.42 Å². The van der Waals surface area contributed by atoms with E-state index in [-0.39, 0.29) is 17.2 Å². The average molecular weight is 443 g/mol. The molecule has 0 bridgehead atoms. The number of aromatic nitrogens is 2. The Balaban J connectivity index is 1.24. The molecule has 5 nitrogen and oxygen atoms in total. The van der Waals surface area contributed by atoms with Crippen molar-refractivity contribution in [2.45, 2.75) is 49.4 Å². The van der Waals surface area contributed by atoms with Crippen molar-refractivity contribution in [3.05, 3.63) is 53.3 Å². The number of fused-ring (bicyclic) bond motifs is 1. The van der Waals surface area contributed by atoms with Gasteiger partial charge in [0.1, 0.15) is 0 Å². The summed E-state index contributed by atoms with van der Waals surface area (Å²) >= 11 is 7.75. The number of thioether (sulfide) groups is 1. The van der Waals surface area contributed by atoms with Crippen molar-refractivity contribution < 1.29 is 4.79 Å². The van der Waals surface area contributed by atoms with Crippen molar-refractivity contribution in [3.8, 4) is 0 Å². The van der Waals surface area contributed by atoms with Crippen LogP contribution in [0.2, 0.25) is 5.02 Å². The molecule has 1 aliphatic rings. The van der Waals surface area contributed by atoms with Crippen molar-refractivity contribution >= 4 is 45.9 Å². The number of rotatable bonds is 6. The number of carbonyl (C=O) groups is 1. The number of halogens is 1. The van der Waals surface area contributed by atoms with Gasteiger partial charge in [-0.25, -0.2) is 0 Å². The zero-order chi connectivity index (χ0) is 21.1. The molecule has 3 heterocycles. The number of piperidine rings is 1. The van der Waals surface area contributed by atoms with Crippen LogP contribution in [0.25, 0.3) is 10.9 Å². The second kappa shape index (κ2) is 9.31. The van der Waals surface area contributed by atoms with Gasteiger partial charge >= 0.3 is 0 Å². The molecule has 1 unspecified atom stereocenters. The number of carbonyl (C=O) groups excluding carboxylic acids is 1. The SMILES string of the molecule is Cc1cc(N2CCC(NC(=O)CC(C)Sc3cc4ccc(Cl)cc4[nH]3)CC2)ccn1. The number of aryl methyl sites for hydroxylation is 1. The van der Waals surface area contributed by atoms with E-state index in [9.17, 15) is 4.79 Å². The van der Waals surface area contributed by atoms with Crippen LogP contribution in [-0.4, -0.2) is 40.3 Å². The van der Waals surface area contributed by atoms with Gasteiger partial charge in [0.15, 0.2) is 0 Å². The molecule has 30 heavy (non-hydrogen) atoms. The zero-order valence-electron chi connectivity index (χ0n) is 17.3. The van der Waals surface area contributed by atoms with Gasteiger partial charge in [0.05, 0.1) is 5.03 Å². The predicted octanol–water partition coefficient (Wildman–Crippen LogP) is 5.18. The molecule has 1 aliphatic heterocycles. The second-order valence-electron chi connectivity index (χ2n) is 7.98. The molecular weight excluding hydrogens is 416 g/mol. The molecule has 1 fully saturated rings. The molecule has 158 valence electrons. The molecule has 0 spiro atoms. The first-order chi connectivity index (χ1) is 14.5. The number of aromatic amines is 1. The van der Waals surface area contributed by atoms with Crippen LogP contribution < -0.4 is 10.2 Å². The smallest absolute Gasteiger partial charge is 0.221 e. The van der Waals surface area contributed by atoms with Gasteiger partial charge in [-0.2, -0.15) is 0 Å². The van der Waals surface area contributed by atoms with Crippen molar-refractivity contribution in [2.75, 3.05) is 18.0 Å². The fourth-order valence-electron chi connectivity index (χ4n) is 3.95. The number of nitrogens with one attached hydrogen (secondary N) is 2. The number of anilines is 1. The molecule has 1 saturated heterocycles. The Morgan fingerprint density at radius 1 is 1.30 bits per heavy atom. The maximum Gasteiger partial charge on any atom is 0.221 e. The lowest BCUT2D eigenvalue weighted by atomic mass is 10.0. The molecule has 2 aromatic heterocycles. The van der Waals surface area contributed by atoms with E-state index in [1.165, 1.54) is 5.69 Å². The van der Waals surface area contributed by atoms with Gasteiger partial charge < -0.3 is 15.2 Å². The van der Waals surface area contributed by atoms with Gasteiger partial charge in [-0.3, -0.25) is 9.78 Å². The Morgan fingerprint density at radius 3 is 2.87 bits per heavy atom. The van der Waals surface area contributed by atoms with Crippen molar-refractivity contribution in [3.63, 3.8) is 0 Å². The highest BCUT2D eigenvalue weighted by molar-refractivity contribution is 7.99. The maximum absolute atomic E-state index is 12.6. The van der Waals surface area contributed by atoms with E-state index < -0.39 is 0 Å². The quantitative estimate of drug-likeness (QED) is 0.516. The average Bonchev–Trinajstić information content (AvgIpc) is 3.09. The maximum atomic E-state index is 12.6. The number of nitrogens with zero attached hydrogens (tertiary/aromatic N) is 2. The number of hydrogen-bond donors (Lipinski definition) is 2. The third kappa shape index (κ3) is 5.29. The highest BCUT2D eigenvalue weighted by Crippen LogP contribution is 2.29. The Hall–Kier alpha value is -2.18. The molecule has 0 saturated carbocycles. The summed E-state index contributed by atoms with van der Waals surface area (Å²) in [6, 6.07) is 12.4. The van der Waals surface area contributed by atoms with E-state index in [1.54, 1.807) is 11.8 Å². The zero-order valence-corrected chi connectivity index (χ0v) is 18.9. The summed E-state index contributed by atoms with van der Waals surface area (Å²) in [5, 5.41) is 6.34. The van der Waals surface area contributed by atoms with Crippen LogP contribution in [0.5, 0.6) is 0 Å². The fourth-order valence-corrected chi connectivity index (χ4v) is 5.16. The Labute approximate surface area is 186 Å². The van der Waals surface area contributed by atoms with Gasteiger partial charge in [0.25, 0.3) is 0 Å². The third-order valence-electron chi connectivity index (χ3n) is 5.47. The van der Waals surface area contributed by atoms with Gasteiger partial charge in [0, 0.05) is 64.3 Å². The van der Waals surface area contributed by atoms with Crippen LogP contribution in [0, 0.1) is 6.92 Å². The van der Waals surface area contributed by atoms with E-state index >= 15 is 0 Å². The lowest BCUT2D eigenvalue weighted by molar-refractivity contribution is -0.121. The molecule has 0 aliphatic carbocycles. The first kappa shape index (κ1) is 21.1. The minimum atomic E-state index is 0.132. The second-order valence-corrected chi connectivity index (χ2v) is 9.90. The number of amides is 1. The lowest BCUT2D eigenvalue weighted by Gasteiger charge is -2.34. The molecule has 0 radical (unpaired) electrons. The monoisotopic (exact) mass is 442 g/mol. The van der Waals surface area contributed by atoms with Crippen LogP contribution in [0.15, 0.2) is 47.6 Å². The molecule has 2 N–H and O–H groups in total. The van der Waals surface area contributed by atoms with Gasteiger partial charge in [-0.1, -0.05) is 24.6 Å². The third-order valence-corrected chi connectivity index (χ3v) is 6.74. The molecule has 7 heteroatoms. The lowest BCUT2D eigenvalue weighted by Crippen LogP contribution is -2.45. The number of pyridine rings is 1. The van der Waals surface area contributed by atoms with Gasteiger partial charge in [-0.05, 0) is 50.1 Å². The Kier molecular flexibility index (Phi) is 6.54. The molecule has 1 atom stereocenters. The first-order valence-corrected chi connectivity index (χ1v) is 11.6. The highest BCUT2D eigenvalue weighted by atomic mass is 35.5.